The van der Waals surface area contributed by atoms with Crippen molar-refractivity contribution in [1.29, 1.82) is 0 Å². The second kappa shape index (κ2) is 9.01. The van der Waals surface area contributed by atoms with Gasteiger partial charge in [0.15, 0.2) is 0 Å². The van der Waals surface area contributed by atoms with Gasteiger partial charge in [-0.25, -0.2) is 0 Å². The van der Waals surface area contributed by atoms with Crippen LogP contribution in [0, 0.1) is 5.92 Å². The molecule has 116 valence electrons. The summed E-state index contributed by atoms with van der Waals surface area (Å²) < 4.78 is 11.8. The van der Waals surface area contributed by atoms with Gasteiger partial charge in [0.25, 0.3) is 0 Å². The van der Waals surface area contributed by atoms with Crippen LogP contribution in [0.5, 0.6) is 0 Å². The Morgan fingerprint density at radius 2 is 2.00 bits per heavy atom. The molecule has 1 fully saturated rings. The molecule has 2 nitrogen and oxygen atoms in total. The molecular formula is C19H28O2. The molecule has 1 aliphatic carbocycles. The van der Waals surface area contributed by atoms with Gasteiger partial charge < -0.3 is 9.47 Å². The van der Waals surface area contributed by atoms with Gasteiger partial charge in [-0.3, -0.25) is 0 Å². The first-order valence-electron chi connectivity index (χ1n) is 8.12. The van der Waals surface area contributed by atoms with Crippen LogP contribution < -0.4 is 0 Å². The maximum atomic E-state index is 6.22. The third kappa shape index (κ3) is 5.29. The van der Waals surface area contributed by atoms with E-state index in [4.69, 9.17) is 9.47 Å². The molecular weight excluding hydrogens is 260 g/mol. The van der Waals surface area contributed by atoms with Crippen LogP contribution in [0.1, 0.15) is 44.1 Å². The fourth-order valence-corrected chi connectivity index (χ4v) is 3.25. The monoisotopic (exact) mass is 288 g/mol. The molecule has 21 heavy (non-hydrogen) atoms. The Morgan fingerprint density at radius 1 is 1.24 bits per heavy atom. The molecule has 0 saturated heterocycles. The van der Waals surface area contributed by atoms with Crippen LogP contribution >= 0.6 is 0 Å². The van der Waals surface area contributed by atoms with Gasteiger partial charge in [-0.2, -0.15) is 0 Å². The summed E-state index contributed by atoms with van der Waals surface area (Å²) in [5.74, 6) is 0.618. The van der Waals surface area contributed by atoms with E-state index in [1.54, 1.807) is 7.11 Å². The van der Waals surface area contributed by atoms with Crippen molar-refractivity contribution in [3.8, 4) is 0 Å². The highest BCUT2D eigenvalue weighted by Gasteiger charge is 2.28. The van der Waals surface area contributed by atoms with Gasteiger partial charge in [-0.15, -0.1) is 6.58 Å². The van der Waals surface area contributed by atoms with Crippen molar-refractivity contribution in [3.63, 3.8) is 0 Å². The maximum Gasteiger partial charge on any atom is 0.0720 e. The van der Waals surface area contributed by atoms with E-state index in [0.29, 0.717) is 12.0 Å². The van der Waals surface area contributed by atoms with E-state index >= 15 is 0 Å². The standard InChI is InChI=1S/C19H28O2/c1-3-9-18(20-2)14-17-12-7-8-13-19(17)21-15-16-10-5-4-6-11-16/h3-6,10-11,17-19H,1,7-9,12-15H2,2H3/t17-,18-,19+/m1/s1. The van der Waals surface area contributed by atoms with Crippen molar-refractivity contribution >= 4 is 0 Å². The SMILES string of the molecule is C=CC[C@H](C[C@H]1CCCC[C@@H]1OCc1ccccc1)OC. The zero-order valence-electron chi connectivity index (χ0n) is 13.2. The Morgan fingerprint density at radius 3 is 2.71 bits per heavy atom. The lowest BCUT2D eigenvalue weighted by Crippen LogP contribution is -2.31. The van der Waals surface area contributed by atoms with Gasteiger partial charge in [0.2, 0.25) is 0 Å². The molecule has 1 aliphatic rings. The number of benzene rings is 1. The zero-order valence-corrected chi connectivity index (χ0v) is 13.2. The largest absolute Gasteiger partial charge is 0.381 e. The van der Waals surface area contributed by atoms with Crippen LogP contribution in [0.4, 0.5) is 0 Å². The highest BCUT2D eigenvalue weighted by Crippen LogP contribution is 2.32. The van der Waals surface area contributed by atoms with E-state index in [9.17, 15) is 0 Å². The van der Waals surface area contributed by atoms with Gasteiger partial charge >= 0.3 is 0 Å². The summed E-state index contributed by atoms with van der Waals surface area (Å²) >= 11 is 0. The molecule has 0 spiro atoms. The van der Waals surface area contributed by atoms with Crippen molar-refractivity contribution in [2.75, 3.05) is 7.11 Å². The first kappa shape index (κ1) is 16.3. The molecule has 1 saturated carbocycles. The highest BCUT2D eigenvalue weighted by molar-refractivity contribution is 5.13. The lowest BCUT2D eigenvalue weighted by atomic mass is 9.82. The predicted octanol–water partition coefficient (Wildman–Crippen LogP) is 4.74. The Bertz CT molecular complexity index is 401. The first-order valence-corrected chi connectivity index (χ1v) is 8.12. The number of hydrogen-bond donors (Lipinski definition) is 0. The van der Waals surface area contributed by atoms with E-state index in [1.807, 2.05) is 12.1 Å². The number of ether oxygens (including phenoxy) is 2. The van der Waals surface area contributed by atoms with Gasteiger partial charge in [-0.1, -0.05) is 49.2 Å². The van der Waals surface area contributed by atoms with Crippen molar-refractivity contribution in [2.45, 2.75) is 57.3 Å². The van der Waals surface area contributed by atoms with Crippen LogP contribution in [0.15, 0.2) is 43.0 Å². The summed E-state index contributed by atoms with van der Waals surface area (Å²) in [6, 6.07) is 10.5. The summed E-state index contributed by atoms with van der Waals surface area (Å²) in [5.41, 5.74) is 1.26. The highest BCUT2D eigenvalue weighted by atomic mass is 16.5. The third-order valence-corrected chi connectivity index (χ3v) is 4.47. The van der Waals surface area contributed by atoms with E-state index in [2.05, 4.69) is 30.8 Å². The molecule has 1 aromatic carbocycles. The minimum Gasteiger partial charge on any atom is -0.381 e. The van der Waals surface area contributed by atoms with Crippen molar-refractivity contribution < 1.29 is 9.47 Å². The first-order chi connectivity index (χ1) is 10.3. The molecule has 2 heteroatoms. The molecule has 0 aromatic heterocycles. The second-order valence-electron chi connectivity index (χ2n) is 6.00. The molecule has 2 rings (SSSR count). The topological polar surface area (TPSA) is 18.5 Å². The fraction of sp³-hybridized carbons (Fsp3) is 0.579. The number of methoxy groups -OCH3 is 1. The fourth-order valence-electron chi connectivity index (χ4n) is 3.25. The minimum absolute atomic E-state index is 0.286. The molecule has 1 aromatic rings. The van der Waals surface area contributed by atoms with E-state index in [0.717, 1.165) is 19.4 Å². The summed E-state index contributed by atoms with van der Waals surface area (Å²) in [6.45, 7) is 4.55. The Balaban J connectivity index is 1.87. The lowest BCUT2D eigenvalue weighted by molar-refractivity contribution is -0.0403. The van der Waals surface area contributed by atoms with Crippen LogP contribution in [-0.2, 0) is 16.1 Å². The smallest absolute Gasteiger partial charge is 0.0720 e. The van der Waals surface area contributed by atoms with E-state index < -0.39 is 0 Å². The van der Waals surface area contributed by atoms with Gasteiger partial charge in [0.05, 0.1) is 18.8 Å². The van der Waals surface area contributed by atoms with E-state index in [-0.39, 0.29) is 6.10 Å². The average molecular weight is 288 g/mol. The molecule has 0 unspecified atom stereocenters. The quantitative estimate of drug-likeness (QED) is 0.643. The molecule has 0 amide bonds. The summed E-state index contributed by atoms with van der Waals surface area (Å²) in [5, 5.41) is 0. The van der Waals surface area contributed by atoms with Crippen LogP contribution in [0.2, 0.25) is 0 Å². The Kier molecular flexibility index (Phi) is 6.98. The normalized spacial score (nSPS) is 23.7. The van der Waals surface area contributed by atoms with Gasteiger partial charge in [0.1, 0.15) is 0 Å². The molecule has 0 radical (unpaired) electrons. The maximum absolute atomic E-state index is 6.22. The number of hydrogen-bond acceptors (Lipinski definition) is 2. The zero-order chi connectivity index (χ0) is 14.9. The summed E-state index contributed by atoms with van der Waals surface area (Å²) in [7, 11) is 1.80. The van der Waals surface area contributed by atoms with E-state index in [1.165, 1.54) is 31.2 Å². The second-order valence-corrected chi connectivity index (χ2v) is 6.00. The minimum atomic E-state index is 0.286. The molecule has 0 aliphatic heterocycles. The third-order valence-electron chi connectivity index (χ3n) is 4.47. The van der Waals surface area contributed by atoms with Crippen LogP contribution in [-0.4, -0.2) is 19.3 Å². The number of rotatable bonds is 8. The Labute approximate surface area is 129 Å². The molecule has 3 atom stereocenters. The van der Waals surface area contributed by atoms with Crippen molar-refractivity contribution in [1.82, 2.24) is 0 Å². The summed E-state index contributed by atoms with van der Waals surface area (Å²) in [4.78, 5) is 0. The van der Waals surface area contributed by atoms with Crippen molar-refractivity contribution in [2.24, 2.45) is 5.92 Å². The summed E-state index contributed by atoms with van der Waals surface area (Å²) in [6.07, 6.45) is 9.68. The molecule has 0 bridgehead atoms. The van der Waals surface area contributed by atoms with Gasteiger partial charge in [-0.05, 0) is 37.2 Å². The van der Waals surface area contributed by atoms with Crippen molar-refractivity contribution in [3.05, 3.63) is 48.6 Å². The average Bonchev–Trinajstić information content (AvgIpc) is 2.54. The van der Waals surface area contributed by atoms with Gasteiger partial charge in [0, 0.05) is 7.11 Å². The predicted molar refractivity (Wildman–Crippen MR) is 87.2 cm³/mol. The van der Waals surface area contributed by atoms with Crippen LogP contribution in [0.3, 0.4) is 0 Å². The lowest BCUT2D eigenvalue weighted by Gasteiger charge is -2.33. The molecule has 0 heterocycles. The molecule has 0 N–H and O–H groups in total. The van der Waals surface area contributed by atoms with Crippen LogP contribution in [0.25, 0.3) is 0 Å². The Hall–Kier alpha value is -1.12.